The molecule has 0 amide bonds. The number of guanidine groups is 1. The summed E-state index contributed by atoms with van der Waals surface area (Å²) < 4.78 is 11.4. The Balaban J connectivity index is 0.00000364. The van der Waals surface area contributed by atoms with E-state index >= 15 is 0 Å². The zero-order valence-electron chi connectivity index (χ0n) is 16.7. The Morgan fingerprint density at radius 1 is 1.37 bits per heavy atom. The standard InChI is InChI=1S/C21H33N3O2.HI/c1-4-5-6-12-24(3)21(22-2)23-16-18-8-7-9-19(15-18)17-26-20-10-13-25-14-11-20;/h4,7-9,15,20H,1,5-6,10-14,16-17H2,2-3H3,(H,22,23);1H. The maximum absolute atomic E-state index is 6.02. The summed E-state index contributed by atoms with van der Waals surface area (Å²) in [5.74, 6) is 0.915. The number of nitrogens with zero attached hydrogens (tertiary/aromatic N) is 2. The minimum absolute atomic E-state index is 0. The van der Waals surface area contributed by atoms with Gasteiger partial charge < -0.3 is 19.7 Å². The van der Waals surface area contributed by atoms with Crippen LogP contribution in [0.1, 0.15) is 36.8 Å². The molecule has 27 heavy (non-hydrogen) atoms. The summed E-state index contributed by atoms with van der Waals surface area (Å²) in [5.41, 5.74) is 2.45. The highest BCUT2D eigenvalue weighted by atomic mass is 127. The van der Waals surface area contributed by atoms with Gasteiger partial charge in [0.1, 0.15) is 0 Å². The van der Waals surface area contributed by atoms with Crippen molar-refractivity contribution in [2.24, 2.45) is 4.99 Å². The molecule has 1 fully saturated rings. The number of allylic oxidation sites excluding steroid dienone is 1. The molecule has 1 saturated heterocycles. The smallest absolute Gasteiger partial charge is 0.193 e. The highest BCUT2D eigenvalue weighted by molar-refractivity contribution is 14.0. The van der Waals surface area contributed by atoms with Gasteiger partial charge in [-0.1, -0.05) is 30.3 Å². The van der Waals surface area contributed by atoms with Gasteiger partial charge in [0.05, 0.1) is 12.7 Å². The van der Waals surface area contributed by atoms with Crippen molar-refractivity contribution < 1.29 is 9.47 Å². The summed E-state index contributed by atoms with van der Waals surface area (Å²) in [5, 5.41) is 3.44. The number of hydrogen-bond donors (Lipinski definition) is 1. The normalized spacial score (nSPS) is 15.1. The number of halogens is 1. The summed E-state index contributed by atoms with van der Waals surface area (Å²) in [6, 6.07) is 8.56. The fourth-order valence-electron chi connectivity index (χ4n) is 3.03. The first-order valence-corrected chi connectivity index (χ1v) is 9.52. The highest BCUT2D eigenvalue weighted by Gasteiger charge is 2.14. The van der Waals surface area contributed by atoms with Crippen LogP contribution in [0.15, 0.2) is 41.9 Å². The van der Waals surface area contributed by atoms with Crippen molar-refractivity contribution in [2.45, 2.75) is 44.9 Å². The molecule has 0 aromatic heterocycles. The summed E-state index contributed by atoms with van der Waals surface area (Å²) in [7, 11) is 3.89. The molecule has 6 heteroatoms. The van der Waals surface area contributed by atoms with E-state index in [9.17, 15) is 0 Å². The van der Waals surface area contributed by atoms with Crippen molar-refractivity contribution in [3.63, 3.8) is 0 Å². The van der Waals surface area contributed by atoms with Gasteiger partial charge in [-0.15, -0.1) is 30.6 Å². The highest BCUT2D eigenvalue weighted by Crippen LogP contribution is 2.14. The Hall–Kier alpha value is -1.12. The van der Waals surface area contributed by atoms with Crippen molar-refractivity contribution in [1.82, 2.24) is 10.2 Å². The van der Waals surface area contributed by atoms with E-state index in [4.69, 9.17) is 9.47 Å². The first-order valence-electron chi connectivity index (χ1n) is 9.52. The van der Waals surface area contributed by atoms with Crippen molar-refractivity contribution >= 4 is 29.9 Å². The molecule has 0 unspecified atom stereocenters. The number of ether oxygens (including phenoxy) is 2. The zero-order chi connectivity index (χ0) is 18.6. The lowest BCUT2D eigenvalue weighted by Crippen LogP contribution is -2.38. The Labute approximate surface area is 181 Å². The molecular weight excluding hydrogens is 453 g/mol. The van der Waals surface area contributed by atoms with Gasteiger partial charge in [0.2, 0.25) is 0 Å². The van der Waals surface area contributed by atoms with Gasteiger partial charge in [-0.25, -0.2) is 0 Å². The monoisotopic (exact) mass is 487 g/mol. The number of nitrogens with one attached hydrogen (secondary N) is 1. The molecule has 0 atom stereocenters. The number of unbranched alkanes of at least 4 members (excludes halogenated alkanes) is 1. The van der Waals surface area contributed by atoms with Gasteiger partial charge in [-0.2, -0.15) is 0 Å². The quantitative estimate of drug-likeness (QED) is 0.188. The van der Waals surface area contributed by atoms with Crippen LogP contribution in [0.4, 0.5) is 0 Å². The Morgan fingerprint density at radius 2 is 2.11 bits per heavy atom. The van der Waals surface area contributed by atoms with Crippen molar-refractivity contribution in [2.75, 3.05) is 33.9 Å². The van der Waals surface area contributed by atoms with E-state index in [1.54, 1.807) is 0 Å². The third kappa shape index (κ3) is 9.08. The molecule has 152 valence electrons. The third-order valence-corrected chi connectivity index (χ3v) is 4.57. The molecule has 1 aromatic carbocycles. The van der Waals surface area contributed by atoms with Crippen LogP contribution in [0.2, 0.25) is 0 Å². The molecule has 0 spiro atoms. The lowest BCUT2D eigenvalue weighted by Gasteiger charge is -2.23. The molecular formula is C21H34IN3O2. The van der Waals surface area contributed by atoms with Crippen LogP contribution >= 0.6 is 24.0 Å². The van der Waals surface area contributed by atoms with Crippen molar-refractivity contribution in [3.05, 3.63) is 48.0 Å². The Kier molecular flexibility index (Phi) is 12.4. The summed E-state index contributed by atoms with van der Waals surface area (Å²) in [6.07, 6.45) is 6.38. The Morgan fingerprint density at radius 3 is 2.81 bits per heavy atom. The first kappa shape index (κ1) is 23.9. The van der Waals surface area contributed by atoms with Crippen LogP contribution in [0.5, 0.6) is 0 Å². The average Bonchev–Trinajstić information content (AvgIpc) is 2.68. The first-order chi connectivity index (χ1) is 12.7. The summed E-state index contributed by atoms with van der Waals surface area (Å²) in [4.78, 5) is 6.53. The largest absolute Gasteiger partial charge is 0.381 e. The summed E-state index contributed by atoms with van der Waals surface area (Å²) in [6.45, 7) is 7.78. The molecule has 0 saturated carbocycles. The molecule has 0 radical (unpaired) electrons. The SMILES string of the molecule is C=CCCCN(C)C(=NC)NCc1cccc(COC2CCOCC2)c1.I. The number of benzene rings is 1. The fourth-order valence-corrected chi connectivity index (χ4v) is 3.03. The number of rotatable bonds is 9. The van der Waals surface area contributed by atoms with E-state index in [1.807, 2.05) is 13.1 Å². The number of hydrogen-bond acceptors (Lipinski definition) is 3. The van der Waals surface area contributed by atoms with Crippen LogP contribution in [-0.2, 0) is 22.6 Å². The number of aliphatic imine (C=N–C) groups is 1. The third-order valence-electron chi connectivity index (χ3n) is 4.57. The second-order valence-electron chi connectivity index (χ2n) is 6.70. The fraction of sp³-hybridized carbons (Fsp3) is 0.571. The summed E-state index contributed by atoms with van der Waals surface area (Å²) >= 11 is 0. The molecule has 0 bridgehead atoms. The van der Waals surface area contributed by atoms with E-state index in [1.165, 1.54) is 11.1 Å². The predicted molar refractivity (Wildman–Crippen MR) is 123 cm³/mol. The maximum atomic E-state index is 6.02. The van der Waals surface area contributed by atoms with Crippen LogP contribution < -0.4 is 5.32 Å². The molecule has 2 rings (SSSR count). The lowest BCUT2D eigenvalue weighted by molar-refractivity contribution is -0.0390. The van der Waals surface area contributed by atoms with Crippen LogP contribution in [0.25, 0.3) is 0 Å². The van der Waals surface area contributed by atoms with Crippen molar-refractivity contribution in [1.29, 1.82) is 0 Å². The van der Waals surface area contributed by atoms with Crippen LogP contribution in [0.3, 0.4) is 0 Å². The minimum atomic E-state index is 0. The van der Waals surface area contributed by atoms with Crippen LogP contribution in [0, 0.1) is 0 Å². The van der Waals surface area contributed by atoms with E-state index < -0.39 is 0 Å². The average molecular weight is 487 g/mol. The molecule has 1 N–H and O–H groups in total. The van der Waals surface area contributed by atoms with E-state index in [0.717, 1.165) is 57.9 Å². The van der Waals surface area contributed by atoms with Crippen molar-refractivity contribution in [3.8, 4) is 0 Å². The maximum Gasteiger partial charge on any atom is 0.193 e. The molecule has 1 aliphatic rings. The second-order valence-corrected chi connectivity index (χ2v) is 6.70. The van der Waals surface area contributed by atoms with Gasteiger partial charge >= 0.3 is 0 Å². The molecule has 0 aliphatic carbocycles. The van der Waals surface area contributed by atoms with Gasteiger partial charge in [0.15, 0.2) is 5.96 Å². The molecule has 1 aliphatic heterocycles. The zero-order valence-corrected chi connectivity index (χ0v) is 19.0. The second kappa shape index (κ2) is 14.0. The van der Waals surface area contributed by atoms with Gasteiger partial charge in [-0.3, -0.25) is 4.99 Å². The topological polar surface area (TPSA) is 46.1 Å². The molecule has 5 nitrogen and oxygen atoms in total. The molecule has 1 aromatic rings. The molecule has 1 heterocycles. The van der Waals surface area contributed by atoms with E-state index in [2.05, 4.69) is 53.1 Å². The van der Waals surface area contributed by atoms with E-state index in [-0.39, 0.29) is 24.0 Å². The lowest BCUT2D eigenvalue weighted by atomic mass is 10.1. The predicted octanol–water partition coefficient (Wildman–Crippen LogP) is 3.97. The van der Waals surface area contributed by atoms with Crippen LogP contribution in [-0.4, -0.2) is 50.8 Å². The van der Waals surface area contributed by atoms with Gasteiger partial charge in [0.25, 0.3) is 0 Å². The Bertz CT molecular complexity index is 574. The van der Waals surface area contributed by atoms with Gasteiger partial charge in [0, 0.05) is 40.4 Å². The van der Waals surface area contributed by atoms with Gasteiger partial charge in [-0.05, 0) is 36.8 Å². The minimum Gasteiger partial charge on any atom is -0.381 e. The van der Waals surface area contributed by atoms with E-state index in [0.29, 0.717) is 12.7 Å².